The summed E-state index contributed by atoms with van der Waals surface area (Å²) in [4.78, 5) is 27.7. The largest absolute Gasteiger partial charge is 0.289 e. The zero-order valence-electron chi connectivity index (χ0n) is 13.3. The van der Waals surface area contributed by atoms with Crippen LogP contribution in [0.3, 0.4) is 0 Å². The number of thioether (sulfide) groups is 1. The second-order valence-electron chi connectivity index (χ2n) is 5.69. The smallest absolute Gasteiger partial charge is 0.201 e. The predicted molar refractivity (Wildman–Crippen MR) is 101 cm³/mol. The van der Waals surface area contributed by atoms with Crippen molar-refractivity contribution in [2.45, 2.75) is 4.90 Å². The van der Waals surface area contributed by atoms with Gasteiger partial charge in [0.25, 0.3) is 0 Å². The summed E-state index contributed by atoms with van der Waals surface area (Å²) >= 11 is 1.35. The minimum Gasteiger partial charge on any atom is -0.289 e. The van der Waals surface area contributed by atoms with Crippen LogP contribution in [-0.2, 0) is 0 Å². The Kier molecular flexibility index (Phi) is 4.08. The molecule has 0 spiro atoms. The van der Waals surface area contributed by atoms with Crippen LogP contribution in [0.2, 0.25) is 0 Å². The number of benzene rings is 3. The van der Waals surface area contributed by atoms with Crippen molar-refractivity contribution in [1.82, 2.24) is 0 Å². The van der Waals surface area contributed by atoms with E-state index in [-0.39, 0.29) is 11.6 Å². The highest BCUT2D eigenvalue weighted by Crippen LogP contribution is 2.40. The molecule has 0 saturated carbocycles. The average Bonchev–Trinajstić information content (AvgIpc) is 2.68. The summed E-state index contributed by atoms with van der Waals surface area (Å²) in [7, 11) is 0. The Bertz CT molecular complexity index is 989. The van der Waals surface area contributed by atoms with Crippen molar-refractivity contribution in [3.8, 4) is 0 Å². The van der Waals surface area contributed by atoms with Crippen LogP contribution < -0.4 is 0 Å². The van der Waals surface area contributed by atoms with Gasteiger partial charge in [-0.2, -0.15) is 0 Å². The minimum atomic E-state index is -0.0974. The third kappa shape index (κ3) is 2.83. The summed E-state index contributed by atoms with van der Waals surface area (Å²) in [5.74, 6) is -0.192. The lowest BCUT2D eigenvalue weighted by molar-refractivity contribution is 0.0998. The van der Waals surface area contributed by atoms with Crippen molar-refractivity contribution in [2.24, 2.45) is 0 Å². The van der Waals surface area contributed by atoms with Gasteiger partial charge < -0.3 is 0 Å². The van der Waals surface area contributed by atoms with Crippen LogP contribution >= 0.6 is 11.8 Å². The van der Waals surface area contributed by atoms with Crippen molar-refractivity contribution in [3.63, 3.8) is 0 Å². The third-order valence-corrected chi connectivity index (χ3v) is 5.20. The zero-order chi connectivity index (χ0) is 17.2. The summed E-state index contributed by atoms with van der Waals surface area (Å²) in [6.07, 6.45) is 0. The first-order valence-corrected chi connectivity index (χ1v) is 8.78. The van der Waals surface area contributed by atoms with Crippen LogP contribution in [0.25, 0.3) is 5.57 Å². The summed E-state index contributed by atoms with van der Waals surface area (Å²) in [6, 6.07) is 26.1. The number of rotatable bonds is 3. The van der Waals surface area contributed by atoms with Gasteiger partial charge in [0, 0.05) is 21.6 Å². The van der Waals surface area contributed by atoms with E-state index in [1.165, 1.54) is 11.8 Å². The van der Waals surface area contributed by atoms with E-state index in [1.54, 1.807) is 24.3 Å². The molecule has 0 aromatic heterocycles. The van der Waals surface area contributed by atoms with Gasteiger partial charge in [-0.3, -0.25) is 9.59 Å². The molecule has 0 bridgehead atoms. The van der Waals surface area contributed by atoms with Crippen LogP contribution in [0.15, 0.2) is 94.7 Å². The van der Waals surface area contributed by atoms with Gasteiger partial charge in [0.1, 0.15) is 0 Å². The molecule has 3 aromatic rings. The maximum absolute atomic E-state index is 13.1. The molecule has 0 atom stereocenters. The Morgan fingerprint density at radius 1 is 0.560 bits per heavy atom. The number of Topliss-reactive ketones (excluding diaryl/α,β-unsaturated/α-hetero) is 2. The molecule has 0 aliphatic heterocycles. The molecule has 0 heterocycles. The number of fused-ring (bicyclic) bond motifs is 1. The molecule has 120 valence electrons. The molecule has 0 amide bonds. The monoisotopic (exact) mass is 342 g/mol. The van der Waals surface area contributed by atoms with Gasteiger partial charge in [0.2, 0.25) is 5.78 Å². The van der Waals surface area contributed by atoms with Gasteiger partial charge in [0.15, 0.2) is 5.78 Å². The van der Waals surface area contributed by atoms with Crippen molar-refractivity contribution < 1.29 is 9.59 Å². The lowest BCUT2D eigenvalue weighted by Crippen LogP contribution is -2.20. The number of allylic oxidation sites excluding steroid dienone is 2. The van der Waals surface area contributed by atoms with Crippen molar-refractivity contribution in [2.75, 3.05) is 0 Å². The summed E-state index contributed by atoms with van der Waals surface area (Å²) < 4.78 is 0. The number of hydrogen-bond donors (Lipinski definition) is 0. The molecule has 1 aliphatic carbocycles. The van der Waals surface area contributed by atoms with Crippen LogP contribution in [-0.4, -0.2) is 11.6 Å². The molecule has 25 heavy (non-hydrogen) atoms. The Hall–Kier alpha value is -2.91. The predicted octanol–water partition coefficient (Wildman–Crippen LogP) is 5.27. The highest BCUT2D eigenvalue weighted by Gasteiger charge is 2.33. The molecule has 0 saturated heterocycles. The molecule has 0 radical (unpaired) electrons. The van der Waals surface area contributed by atoms with E-state index in [4.69, 9.17) is 0 Å². The Morgan fingerprint density at radius 3 is 1.72 bits per heavy atom. The first-order chi connectivity index (χ1) is 12.3. The molecule has 0 fully saturated rings. The SMILES string of the molecule is O=C1C(Sc2ccccc2)=C(c2ccccc2)C(=O)c2ccccc21. The maximum atomic E-state index is 13.1. The summed E-state index contributed by atoms with van der Waals surface area (Å²) in [5, 5.41) is 0. The second kappa shape index (κ2) is 6.54. The topological polar surface area (TPSA) is 34.1 Å². The molecule has 0 N–H and O–H groups in total. The molecule has 1 aliphatic rings. The van der Waals surface area contributed by atoms with E-state index >= 15 is 0 Å². The summed E-state index contributed by atoms with van der Waals surface area (Å²) in [5.41, 5.74) is 2.21. The molecule has 4 rings (SSSR count). The average molecular weight is 342 g/mol. The Morgan fingerprint density at radius 2 is 1.08 bits per heavy atom. The first kappa shape index (κ1) is 15.6. The Balaban J connectivity index is 1.92. The van der Waals surface area contributed by atoms with E-state index in [0.29, 0.717) is 21.6 Å². The van der Waals surface area contributed by atoms with Gasteiger partial charge in [-0.1, -0.05) is 84.6 Å². The fourth-order valence-electron chi connectivity index (χ4n) is 2.92. The van der Waals surface area contributed by atoms with Crippen LogP contribution in [0.5, 0.6) is 0 Å². The fraction of sp³-hybridized carbons (Fsp3) is 0. The van der Waals surface area contributed by atoms with Crippen molar-refractivity contribution >= 4 is 28.9 Å². The van der Waals surface area contributed by atoms with Gasteiger partial charge in [-0.25, -0.2) is 0 Å². The quantitative estimate of drug-likeness (QED) is 0.650. The van der Waals surface area contributed by atoms with Crippen LogP contribution in [0, 0.1) is 0 Å². The lowest BCUT2D eigenvalue weighted by Gasteiger charge is -2.21. The van der Waals surface area contributed by atoms with E-state index in [9.17, 15) is 9.59 Å². The Labute approximate surface area is 150 Å². The van der Waals surface area contributed by atoms with Crippen molar-refractivity contribution in [1.29, 1.82) is 0 Å². The molecule has 2 nitrogen and oxygen atoms in total. The molecular weight excluding hydrogens is 328 g/mol. The second-order valence-corrected chi connectivity index (χ2v) is 6.77. The van der Waals surface area contributed by atoms with Crippen LogP contribution in [0.1, 0.15) is 26.3 Å². The highest BCUT2D eigenvalue weighted by atomic mass is 32.2. The van der Waals surface area contributed by atoms with Crippen molar-refractivity contribution in [3.05, 3.63) is 107 Å². The number of carbonyl (C=O) groups is 2. The molecule has 3 heteroatoms. The van der Waals surface area contributed by atoms with Crippen LogP contribution in [0.4, 0.5) is 0 Å². The lowest BCUT2D eigenvalue weighted by atomic mass is 9.86. The third-order valence-electron chi connectivity index (χ3n) is 4.10. The molecule has 3 aromatic carbocycles. The maximum Gasteiger partial charge on any atom is 0.201 e. The van der Waals surface area contributed by atoms with E-state index in [0.717, 1.165) is 10.5 Å². The molecular formula is C22H14O2S. The highest BCUT2D eigenvalue weighted by molar-refractivity contribution is 8.04. The minimum absolute atomic E-state index is 0.0945. The number of hydrogen-bond acceptors (Lipinski definition) is 3. The number of ketones is 2. The summed E-state index contributed by atoms with van der Waals surface area (Å²) in [6.45, 7) is 0. The van der Waals surface area contributed by atoms with E-state index in [1.807, 2.05) is 60.7 Å². The zero-order valence-corrected chi connectivity index (χ0v) is 14.1. The van der Waals surface area contributed by atoms with E-state index in [2.05, 4.69) is 0 Å². The van der Waals surface area contributed by atoms with Gasteiger partial charge in [0.05, 0.1) is 4.91 Å². The van der Waals surface area contributed by atoms with Gasteiger partial charge in [-0.05, 0) is 17.7 Å². The first-order valence-electron chi connectivity index (χ1n) is 7.97. The number of carbonyl (C=O) groups excluding carboxylic acids is 2. The molecule has 0 unspecified atom stereocenters. The standard InChI is InChI=1S/C22H14O2S/c23-20-17-13-7-8-14-18(17)21(24)22(25-16-11-5-2-6-12-16)19(20)15-9-3-1-4-10-15/h1-14H. The normalized spacial score (nSPS) is 13.8. The van der Waals surface area contributed by atoms with Gasteiger partial charge >= 0.3 is 0 Å². The fourth-order valence-corrected chi connectivity index (χ4v) is 3.97. The van der Waals surface area contributed by atoms with Gasteiger partial charge in [-0.15, -0.1) is 0 Å². The van der Waals surface area contributed by atoms with E-state index < -0.39 is 0 Å².